The number of aryl methyl sites for hydroxylation is 1. The third kappa shape index (κ3) is 2.31. The molecule has 0 aliphatic rings. The van der Waals surface area contributed by atoms with E-state index in [2.05, 4.69) is 25.8 Å². The van der Waals surface area contributed by atoms with Crippen LogP contribution in [-0.2, 0) is 12.8 Å². The van der Waals surface area contributed by atoms with Crippen LogP contribution in [0.2, 0.25) is 0 Å². The maximum atomic E-state index is 5.57. The first-order valence-electron chi connectivity index (χ1n) is 4.87. The lowest BCUT2D eigenvalue weighted by Crippen LogP contribution is -2.03. The third-order valence-electron chi connectivity index (χ3n) is 2.00. The van der Waals surface area contributed by atoms with Gasteiger partial charge in [-0.25, -0.2) is 4.98 Å². The Balaban J connectivity index is 2.90. The molecule has 0 unspecified atom stereocenters. The van der Waals surface area contributed by atoms with Crippen molar-refractivity contribution in [3.8, 4) is 0 Å². The summed E-state index contributed by atoms with van der Waals surface area (Å²) >= 11 is 0. The summed E-state index contributed by atoms with van der Waals surface area (Å²) in [5.41, 5.74) is 6.53. The Morgan fingerprint density at radius 1 is 1.46 bits per heavy atom. The number of hydrogen-bond donors (Lipinski definition) is 1. The van der Waals surface area contributed by atoms with Crippen LogP contribution in [-0.4, -0.2) is 11.5 Å². The molecule has 3 nitrogen and oxygen atoms in total. The summed E-state index contributed by atoms with van der Waals surface area (Å²) in [6.45, 7) is 6.94. The second-order valence-corrected chi connectivity index (χ2v) is 3.46. The van der Waals surface area contributed by atoms with Crippen LogP contribution in [0.4, 0.5) is 0 Å². The number of rotatable bonds is 4. The number of aromatic nitrogens is 1. The average molecular weight is 182 g/mol. The minimum Gasteiger partial charge on any atom is -0.445 e. The van der Waals surface area contributed by atoms with E-state index >= 15 is 0 Å². The Bertz CT molecular complexity index is 266. The SMILES string of the molecule is CCc1oc(CCN)nc1C(C)C. The molecule has 0 saturated heterocycles. The first-order valence-corrected chi connectivity index (χ1v) is 4.87. The molecule has 13 heavy (non-hydrogen) atoms. The van der Waals surface area contributed by atoms with Crippen molar-refractivity contribution in [2.45, 2.75) is 39.5 Å². The molecule has 1 rings (SSSR count). The van der Waals surface area contributed by atoms with E-state index in [1.807, 2.05) is 0 Å². The molecule has 74 valence electrons. The minimum atomic E-state index is 0.435. The van der Waals surface area contributed by atoms with E-state index in [0.717, 1.165) is 30.2 Å². The molecule has 1 aromatic rings. The Morgan fingerprint density at radius 2 is 2.15 bits per heavy atom. The highest BCUT2D eigenvalue weighted by Gasteiger charge is 2.13. The van der Waals surface area contributed by atoms with Gasteiger partial charge in [0.2, 0.25) is 0 Å². The van der Waals surface area contributed by atoms with Crippen molar-refractivity contribution >= 4 is 0 Å². The van der Waals surface area contributed by atoms with Gasteiger partial charge in [0.1, 0.15) is 5.76 Å². The van der Waals surface area contributed by atoms with Gasteiger partial charge in [-0.15, -0.1) is 0 Å². The third-order valence-corrected chi connectivity index (χ3v) is 2.00. The molecule has 0 saturated carbocycles. The summed E-state index contributed by atoms with van der Waals surface area (Å²) in [6, 6.07) is 0. The molecule has 0 aliphatic carbocycles. The molecular weight excluding hydrogens is 164 g/mol. The van der Waals surface area contributed by atoms with Crippen molar-refractivity contribution in [2.24, 2.45) is 5.73 Å². The average Bonchev–Trinajstić information content (AvgIpc) is 2.48. The summed E-state index contributed by atoms with van der Waals surface area (Å²) in [7, 11) is 0. The van der Waals surface area contributed by atoms with Gasteiger partial charge in [0.05, 0.1) is 5.69 Å². The highest BCUT2D eigenvalue weighted by molar-refractivity contribution is 5.14. The van der Waals surface area contributed by atoms with E-state index in [1.165, 1.54) is 0 Å². The molecule has 0 amide bonds. The van der Waals surface area contributed by atoms with Crippen LogP contribution in [0.5, 0.6) is 0 Å². The number of oxazole rings is 1. The molecule has 2 N–H and O–H groups in total. The van der Waals surface area contributed by atoms with Gasteiger partial charge in [-0.2, -0.15) is 0 Å². The highest BCUT2D eigenvalue weighted by Crippen LogP contribution is 2.20. The Morgan fingerprint density at radius 3 is 2.54 bits per heavy atom. The summed E-state index contributed by atoms with van der Waals surface area (Å²) in [6.07, 6.45) is 1.64. The maximum absolute atomic E-state index is 5.57. The normalized spacial score (nSPS) is 11.2. The van der Waals surface area contributed by atoms with Crippen molar-refractivity contribution in [3.63, 3.8) is 0 Å². The second-order valence-electron chi connectivity index (χ2n) is 3.46. The second kappa shape index (κ2) is 4.42. The zero-order valence-corrected chi connectivity index (χ0v) is 8.63. The largest absolute Gasteiger partial charge is 0.445 e. The number of hydrogen-bond acceptors (Lipinski definition) is 3. The monoisotopic (exact) mass is 182 g/mol. The van der Waals surface area contributed by atoms with Crippen LogP contribution in [0, 0.1) is 0 Å². The predicted molar refractivity (Wildman–Crippen MR) is 52.7 cm³/mol. The lowest BCUT2D eigenvalue weighted by molar-refractivity contribution is 0.458. The molecule has 1 aromatic heterocycles. The van der Waals surface area contributed by atoms with Crippen LogP contribution in [0.3, 0.4) is 0 Å². The van der Waals surface area contributed by atoms with Crippen molar-refractivity contribution in [2.75, 3.05) is 6.54 Å². The van der Waals surface area contributed by atoms with Crippen molar-refractivity contribution in [1.82, 2.24) is 4.98 Å². The summed E-state index contributed by atoms with van der Waals surface area (Å²) in [5, 5.41) is 0. The summed E-state index contributed by atoms with van der Waals surface area (Å²) in [4.78, 5) is 4.42. The van der Waals surface area contributed by atoms with Gasteiger partial charge in [-0.3, -0.25) is 0 Å². The molecule has 0 spiro atoms. The summed E-state index contributed by atoms with van der Waals surface area (Å²) < 4.78 is 5.57. The first-order chi connectivity index (χ1) is 6.19. The Labute approximate surface area is 79.3 Å². The minimum absolute atomic E-state index is 0.435. The zero-order valence-electron chi connectivity index (χ0n) is 8.63. The van der Waals surface area contributed by atoms with E-state index < -0.39 is 0 Å². The van der Waals surface area contributed by atoms with Crippen molar-refractivity contribution < 1.29 is 4.42 Å². The van der Waals surface area contributed by atoms with Crippen molar-refractivity contribution in [1.29, 1.82) is 0 Å². The van der Waals surface area contributed by atoms with Crippen LogP contribution >= 0.6 is 0 Å². The fourth-order valence-electron chi connectivity index (χ4n) is 1.35. The van der Waals surface area contributed by atoms with Gasteiger partial charge in [-0.05, 0) is 5.92 Å². The smallest absolute Gasteiger partial charge is 0.195 e. The van der Waals surface area contributed by atoms with Gasteiger partial charge >= 0.3 is 0 Å². The molecule has 0 radical (unpaired) electrons. The van der Waals surface area contributed by atoms with E-state index in [4.69, 9.17) is 10.2 Å². The van der Waals surface area contributed by atoms with Crippen LogP contribution in [0.15, 0.2) is 4.42 Å². The van der Waals surface area contributed by atoms with Gasteiger partial charge in [0.25, 0.3) is 0 Å². The van der Waals surface area contributed by atoms with Gasteiger partial charge in [0, 0.05) is 19.4 Å². The lowest BCUT2D eigenvalue weighted by atomic mass is 10.1. The standard InChI is InChI=1S/C10H18N2O/c1-4-8-10(7(2)3)12-9(13-8)5-6-11/h7H,4-6,11H2,1-3H3. The number of nitrogens with zero attached hydrogens (tertiary/aromatic N) is 1. The van der Waals surface area contributed by atoms with E-state index in [0.29, 0.717) is 12.5 Å². The van der Waals surface area contributed by atoms with Crippen LogP contribution in [0.25, 0.3) is 0 Å². The molecule has 0 aliphatic heterocycles. The number of nitrogens with two attached hydrogens (primary N) is 1. The topological polar surface area (TPSA) is 52.0 Å². The van der Waals surface area contributed by atoms with E-state index in [9.17, 15) is 0 Å². The van der Waals surface area contributed by atoms with Gasteiger partial charge < -0.3 is 10.2 Å². The predicted octanol–water partition coefficient (Wildman–Crippen LogP) is 1.86. The molecule has 1 heterocycles. The van der Waals surface area contributed by atoms with E-state index in [1.54, 1.807) is 0 Å². The fourth-order valence-corrected chi connectivity index (χ4v) is 1.35. The highest BCUT2D eigenvalue weighted by atomic mass is 16.4. The molecule has 0 atom stereocenters. The first kappa shape index (κ1) is 10.3. The molecule has 0 fully saturated rings. The molecule has 3 heteroatoms. The van der Waals surface area contributed by atoms with Gasteiger partial charge in [-0.1, -0.05) is 20.8 Å². The fraction of sp³-hybridized carbons (Fsp3) is 0.700. The van der Waals surface area contributed by atoms with Crippen molar-refractivity contribution in [3.05, 3.63) is 17.3 Å². The Hall–Kier alpha value is -0.830. The van der Waals surface area contributed by atoms with E-state index in [-0.39, 0.29) is 0 Å². The van der Waals surface area contributed by atoms with Crippen LogP contribution < -0.4 is 5.73 Å². The molecule has 0 aromatic carbocycles. The maximum Gasteiger partial charge on any atom is 0.195 e. The quantitative estimate of drug-likeness (QED) is 0.773. The Kier molecular flexibility index (Phi) is 3.48. The zero-order chi connectivity index (χ0) is 9.84. The molecule has 0 bridgehead atoms. The lowest BCUT2D eigenvalue weighted by Gasteiger charge is -1.99. The summed E-state index contributed by atoms with van der Waals surface area (Å²) in [5.74, 6) is 2.23. The van der Waals surface area contributed by atoms with Crippen LogP contribution in [0.1, 0.15) is 44.0 Å². The molecular formula is C10H18N2O. The van der Waals surface area contributed by atoms with Gasteiger partial charge in [0.15, 0.2) is 5.89 Å².